The topological polar surface area (TPSA) is 46.9 Å². The standard InChI is InChI=1S/C13H14ClN3O/c14-8-12-16-9-4-1-2-5-10(9)17(12)11-6-3-7-15-13(11)18/h1-2,4-5,11H,3,6-8H2,(H,15,18). The van der Waals surface area contributed by atoms with Gasteiger partial charge in [-0.25, -0.2) is 4.98 Å². The molecule has 1 amide bonds. The second-order valence-electron chi connectivity index (χ2n) is 4.47. The van der Waals surface area contributed by atoms with Crippen LogP contribution >= 0.6 is 11.6 Å². The minimum atomic E-state index is -0.181. The second-order valence-corrected chi connectivity index (χ2v) is 4.74. The number of nitrogens with zero attached hydrogens (tertiary/aromatic N) is 2. The van der Waals surface area contributed by atoms with Crippen molar-refractivity contribution in [1.82, 2.24) is 14.9 Å². The molecule has 18 heavy (non-hydrogen) atoms. The third kappa shape index (κ3) is 1.77. The van der Waals surface area contributed by atoms with Gasteiger partial charge in [0.25, 0.3) is 0 Å². The number of carbonyl (C=O) groups is 1. The molecule has 0 bridgehead atoms. The molecule has 1 aliphatic rings. The van der Waals surface area contributed by atoms with Crippen LogP contribution in [0.1, 0.15) is 24.7 Å². The van der Waals surface area contributed by atoms with E-state index < -0.39 is 0 Å². The largest absolute Gasteiger partial charge is 0.354 e. The van der Waals surface area contributed by atoms with Gasteiger partial charge in [0, 0.05) is 6.54 Å². The minimum Gasteiger partial charge on any atom is -0.354 e. The molecular weight excluding hydrogens is 250 g/mol. The number of alkyl halides is 1. The summed E-state index contributed by atoms with van der Waals surface area (Å²) in [7, 11) is 0. The molecule has 1 aromatic carbocycles. The van der Waals surface area contributed by atoms with E-state index in [0.717, 1.165) is 36.2 Å². The highest BCUT2D eigenvalue weighted by Gasteiger charge is 2.27. The molecule has 0 aliphatic carbocycles. The van der Waals surface area contributed by atoms with Crippen LogP contribution in [0.3, 0.4) is 0 Å². The number of hydrogen-bond acceptors (Lipinski definition) is 2. The summed E-state index contributed by atoms with van der Waals surface area (Å²) < 4.78 is 1.98. The number of carbonyl (C=O) groups excluding carboxylic acids is 1. The van der Waals surface area contributed by atoms with E-state index in [0.29, 0.717) is 5.88 Å². The Morgan fingerprint density at radius 2 is 2.28 bits per heavy atom. The third-order valence-electron chi connectivity index (χ3n) is 3.36. The highest BCUT2D eigenvalue weighted by Crippen LogP contribution is 2.26. The van der Waals surface area contributed by atoms with Gasteiger partial charge in [-0.05, 0) is 25.0 Å². The van der Waals surface area contributed by atoms with Gasteiger partial charge in [-0.1, -0.05) is 12.1 Å². The van der Waals surface area contributed by atoms with Crippen LogP contribution in [0.2, 0.25) is 0 Å². The Kier molecular flexibility index (Phi) is 2.96. The van der Waals surface area contributed by atoms with Crippen molar-refractivity contribution in [3.63, 3.8) is 0 Å². The third-order valence-corrected chi connectivity index (χ3v) is 3.60. The molecule has 0 radical (unpaired) electrons. The molecule has 2 heterocycles. The lowest BCUT2D eigenvalue weighted by atomic mass is 10.1. The molecule has 1 fully saturated rings. The SMILES string of the molecule is O=C1NCCCC1n1c(CCl)nc2ccccc21. The molecule has 1 aliphatic heterocycles. The number of imidazole rings is 1. The number of amides is 1. The lowest BCUT2D eigenvalue weighted by molar-refractivity contribution is -0.125. The molecule has 1 saturated heterocycles. The van der Waals surface area contributed by atoms with E-state index in [1.54, 1.807) is 0 Å². The van der Waals surface area contributed by atoms with Crippen molar-refractivity contribution >= 4 is 28.5 Å². The maximum Gasteiger partial charge on any atom is 0.243 e. The number of piperidine rings is 1. The van der Waals surface area contributed by atoms with E-state index in [4.69, 9.17) is 11.6 Å². The fourth-order valence-electron chi connectivity index (χ4n) is 2.54. The van der Waals surface area contributed by atoms with Gasteiger partial charge in [0.2, 0.25) is 5.91 Å². The number of benzene rings is 1. The van der Waals surface area contributed by atoms with Crippen LogP contribution in [0.5, 0.6) is 0 Å². The zero-order valence-corrected chi connectivity index (χ0v) is 10.7. The fraction of sp³-hybridized carbons (Fsp3) is 0.385. The summed E-state index contributed by atoms with van der Waals surface area (Å²) in [5.41, 5.74) is 1.88. The predicted octanol–water partition coefficient (Wildman–Crippen LogP) is 2.23. The van der Waals surface area contributed by atoms with Crippen LogP contribution in [0.25, 0.3) is 11.0 Å². The summed E-state index contributed by atoms with van der Waals surface area (Å²) in [6.45, 7) is 0.762. The molecule has 3 rings (SSSR count). The highest BCUT2D eigenvalue weighted by molar-refractivity contribution is 6.17. The molecular formula is C13H14ClN3O. The van der Waals surface area contributed by atoms with Crippen LogP contribution in [0.15, 0.2) is 24.3 Å². The zero-order valence-electron chi connectivity index (χ0n) is 9.90. The summed E-state index contributed by atoms with van der Waals surface area (Å²) in [6, 6.07) is 7.65. The second kappa shape index (κ2) is 4.61. The monoisotopic (exact) mass is 263 g/mol. The van der Waals surface area contributed by atoms with Gasteiger partial charge < -0.3 is 9.88 Å². The number of hydrogen-bond donors (Lipinski definition) is 1. The molecule has 94 valence electrons. The van der Waals surface area contributed by atoms with Crippen molar-refractivity contribution in [2.45, 2.75) is 24.8 Å². The van der Waals surface area contributed by atoms with Gasteiger partial charge in [-0.3, -0.25) is 4.79 Å². The molecule has 5 heteroatoms. The molecule has 1 atom stereocenters. The van der Waals surface area contributed by atoms with E-state index in [2.05, 4.69) is 10.3 Å². The average molecular weight is 264 g/mol. The van der Waals surface area contributed by atoms with Crippen LogP contribution in [-0.2, 0) is 10.7 Å². The number of aromatic nitrogens is 2. The van der Waals surface area contributed by atoms with Gasteiger partial charge in [0.1, 0.15) is 11.9 Å². The van der Waals surface area contributed by atoms with Crippen LogP contribution in [0, 0.1) is 0 Å². The van der Waals surface area contributed by atoms with Crippen molar-refractivity contribution < 1.29 is 4.79 Å². The maximum absolute atomic E-state index is 12.0. The zero-order chi connectivity index (χ0) is 12.5. The van der Waals surface area contributed by atoms with Crippen molar-refractivity contribution in [3.05, 3.63) is 30.1 Å². The lowest BCUT2D eigenvalue weighted by Gasteiger charge is -2.24. The van der Waals surface area contributed by atoms with Gasteiger partial charge in [-0.15, -0.1) is 11.6 Å². The van der Waals surface area contributed by atoms with Crippen LogP contribution in [0.4, 0.5) is 0 Å². The normalized spacial score (nSPS) is 20.1. The predicted molar refractivity (Wildman–Crippen MR) is 70.6 cm³/mol. The molecule has 0 spiro atoms. The van der Waals surface area contributed by atoms with E-state index in [1.807, 2.05) is 28.8 Å². The number of para-hydroxylation sites is 2. The van der Waals surface area contributed by atoms with E-state index >= 15 is 0 Å². The van der Waals surface area contributed by atoms with E-state index in [1.165, 1.54) is 0 Å². The Balaban J connectivity index is 2.16. The molecule has 1 aromatic heterocycles. The van der Waals surface area contributed by atoms with Crippen molar-refractivity contribution in [3.8, 4) is 0 Å². The number of rotatable bonds is 2. The van der Waals surface area contributed by atoms with Crippen molar-refractivity contribution in [1.29, 1.82) is 0 Å². The smallest absolute Gasteiger partial charge is 0.243 e. The van der Waals surface area contributed by atoms with Gasteiger partial charge in [0.05, 0.1) is 16.9 Å². The Labute approximate surface area is 110 Å². The molecule has 1 unspecified atom stereocenters. The Bertz CT molecular complexity index is 593. The van der Waals surface area contributed by atoms with Gasteiger partial charge in [0.15, 0.2) is 0 Å². The van der Waals surface area contributed by atoms with Crippen molar-refractivity contribution in [2.24, 2.45) is 0 Å². The Morgan fingerprint density at radius 3 is 3.06 bits per heavy atom. The first-order valence-electron chi connectivity index (χ1n) is 6.11. The van der Waals surface area contributed by atoms with E-state index in [9.17, 15) is 4.79 Å². The van der Waals surface area contributed by atoms with Crippen molar-refractivity contribution in [2.75, 3.05) is 6.54 Å². The minimum absolute atomic E-state index is 0.0655. The Hall–Kier alpha value is -1.55. The first kappa shape index (κ1) is 11.5. The van der Waals surface area contributed by atoms with Crippen LogP contribution in [-0.4, -0.2) is 22.0 Å². The summed E-state index contributed by atoms with van der Waals surface area (Å²) in [5, 5.41) is 2.91. The maximum atomic E-state index is 12.0. The molecule has 1 N–H and O–H groups in total. The number of nitrogens with one attached hydrogen (secondary N) is 1. The first-order valence-corrected chi connectivity index (χ1v) is 6.64. The molecule has 2 aromatic rings. The summed E-state index contributed by atoms with van der Waals surface area (Å²) in [6.07, 6.45) is 1.83. The molecule has 4 nitrogen and oxygen atoms in total. The number of fused-ring (bicyclic) bond motifs is 1. The summed E-state index contributed by atoms with van der Waals surface area (Å²) in [4.78, 5) is 16.5. The fourth-order valence-corrected chi connectivity index (χ4v) is 2.73. The summed E-state index contributed by atoms with van der Waals surface area (Å²) in [5.74, 6) is 1.15. The van der Waals surface area contributed by atoms with E-state index in [-0.39, 0.29) is 11.9 Å². The van der Waals surface area contributed by atoms with Gasteiger partial charge in [-0.2, -0.15) is 0 Å². The van der Waals surface area contributed by atoms with Crippen LogP contribution < -0.4 is 5.32 Å². The molecule has 0 saturated carbocycles. The summed E-state index contributed by atoms with van der Waals surface area (Å²) >= 11 is 5.96. The Morgan fingerprint density at radius 1 is 1.44 bits per heavy atom. The van der Waals surface area contributed by atoms with Gasteiger partial charge >= 0.3 is 0 Å². The average Bonchev–Trinajstić information content (AvgIpc) is 2.78. The first-order chi connectivity index (χ1) is 8.81. The highest BCUT2D eigenvalue weighted by atomic mass is 35.5. The lowest BCUT2D eigenvalue weighted by Crippen LogP contribution is -2.38. The number of halogens is 1. The quantitative estimate of drug-likeness (QED) is 0.845.